The molecule has 7 heteroatoms. The SMILES string of the molecule is CCCNCc1sc(-c2ccoc2C)nc1C(F)(F)F. The van der Waals surface area contributed by atoms with Gasteiger partial charge < -0.3 is 9.73 Å². The summed E-state index contributed by atoms with van der Waals surface area (Å²) in [6.45, 7) is 4.52. The maximum Gasteiger partial charge on any atom is 0.434 e. The minimum Gasteiger partial charge on any atom is -0.469 e. The van der Waals surface area contributed by atoms with Crippen LogP contribution in [0, 0.1) is 6.92 Å². The summed E-state index contributed by atoms with van der Waals surface area (Å²) in [5.74, 6) is 0.570. The number of aromatic nitrogens is 1. The van der Waals surface area contributed by atoms with Crippen LogP contribution < -0.4 is 5.32 Å². The van der Waals surface area contributed by atoms with Crippen LogP contribution in [0.2, 0.25) is 0 Å². The van der Waals surface area contributed by atoms with Gasteiger partial charge in [-0.15, -0.1) is 11.3 Å². The van der Waals surface area contributed by atoms with E-state index in [4.69, 9.17) is 4.42 Å². The Bertz CT molecular complexity index is 574. The molecular weight excluding hydrogens is 289 g/mol. The fourth-order valence-corrected chi connectivity index (χ4v) is 2.92. The van der Waals surface area contributed by atoms with Crippen LogP contribution >= 0.6 is 11.3 Å². The van der Waals surface area contributed by atoms with Crippen LogP contribution in [-0.2, 0) is 12.7 Å². The van der Waals surface area contributed by atoms with Crippen molar-refractivity contribution >= 4 is 11.3 Å². The summed E-state index contributed by atoms with van der Waals surface area (Å²) in [7, 11) is 0. The van der Waals surface area contributed by atoms with Crippen molar-refractivity contribution < 1.29 is 17.6 Å². The summed E-state index contributed by atoms with van der Waals surface area (Å²) in [5.41, 5.74) is -0.191. The molecule has 2 aromatic heterocycles. The first-order valence-corrected chi connectivity index (χ1v) is 7.07. The lowest BCUT2D eigenvalue weighted by Crippen LogP contribution is -2.17. The normalized spacial score (nSPS) is 12.1. The third-order valence-electron chi connectivity index (χ3n) is 2.77. The van der Waals surface area contributed by atoms with Gasteiger partial charge in [0.25, 0.3) is 0 Å². The monoisotopic (exact) mass is 304 g/mol. The molecule has 20 heavy (non-hydrogen) atoms. The first kappa shape index (κ1) is 15.1. The Hall–Kier alpha value is -1.34. The molecule has 0 radical (unpaired) electrons. The van der Waals surface area contributed by atoms with Crippen molar-refractivity contribution in [2.24, 2.45) is 0 Å². The molecule has 0 unspecified atom stereocenters. The van der Waals surface area contributed by atoms with Gasteiger partial charge in [-0.2, -0.15) is 13.2 Å². The molecule has 0 aliphatic rings. The predicted octanol–water partition coefficient (Wildman–Crippen LogP) is 4.23. The zero-order valence-corrected chi connectivity index (χ0v) is 12.0. The van der Waals surface area contributed by atoms with Crippen molar-refractivity contribution in [3.8, 4) is 10.6 Å². The number of hydrogen-bond acceptors (Lipinski definition) is 4. The van der Waals surface area contributed by atoms with Gasteiger partial charge in [-0.1, -0.05) is 6.92 Å². The molecule has 0 aromatic carbocycles. The van der Waals surface area contributed by atoms with Crippen LogP contribution in [0.25, 0.3) is 10.6 Å². The highest BCUT2D eigenvalue weighted by Gasteiger charge is 2.37. The molecule has 0 aliphatic carbocycles. The van der Waals surface area contributed by atoms with Crippen LogP contribution in [0.15, 0.2) is 16.7 Å². The molecule has 3 nitrogen and oxygen atoms in total. The third-order valence-corrected chi connectivity index (χ3v) is 3.86. The summed E-state index contributed by atoms with van der Waals surface area (Å²) in [4.78, 5) is 3.97. The highest BCUT2D eigenvalue weighted by molar-refractivity contribution is 7.15. The van der Waals surface area contributed by atoms with E-state index in [2.05, 4.69) is 10.3 Å². The lowest BCUT2D eigenvalue weighted by molar-refractivity contribution is -0.141. The van der Waals surface area contributed by atoms with E-state index in [9.17, 15) is 13.2 Å². The van der Waals surface area contributed by atoms with E-state index in [1.54, 1.807) is 13.0 Å². The second kappa shape index (κ2) is 5.97. The Balaban J connectivity index is 2.34. The van der Waals surface area contributed by atoms with Crippen LogP contribution in [0.4, 0.5) is 13.2 Å². The van der Waals surface area contributed by atoms with Gasteiger partial charge in [0.15, 0.2) is 5.69 Å². The number of thiazole rings is 1. The van der Waals surface area contributed by atoms with Crippen molar-refractivity contribution in [2.75, 3.05) is 6.54 Å². The number of nitrogens with one attached hydrogen (secondary N) is 1. The molecule has 2 aromatic rings. The Morgan fingerprint density at radius 2 is 2.15 bits per heavy atom. The maximum atomic E-state index is 13.0. The number of alkyl halides is 3. The van der Waals surface area contributed by atoms with E-state index in [0.717, 1.165) is 17.8 Å². The quantitative estimate of drug-likeness (QED) is 0.840. The number of aryl methyl sites for hydroxylation is 1. The zero-order valence-electron chi connectivity index (χ0n) is 11.2. The predicted molar refractivity (Wildman–Crippen MR) is 71.6 cm³/mol. The number of rotatable bonds is 5. The Kier molecular flexibility index (Phi) is 4.49. The van der Waals surface area contributed by atoms with Gasteiger partial charge >= 0.3 is 6.18 Å². The first-order valence-electron chi connectivity index (χ1n) is 6.25. The minimum atomic E-state index is -4.43. The fourth-order valence-electron chi connectivity index (χ4n) is 1.79. The first-order chi connectivity index (χ1) is 9.43. The molecule has 0 atom stereocenters. The summed E-state index contributed by atoms with van der Waals surface area (Å²) in [5, 5.41) is 3.33. The highest BCUT2D eigenvalue weighted by Crippen LogP contribution is 2.38. The number of hydrogen-bond donors (Lipinski definition) is 1. The average molecular weight is 304 g/mol. The largest absolute Gasteiger partial charge is 0.469 e. The maximum absolute atomic E-state index is 13.0. The van der Waals surface area contributed by atoms with Crippen LogP contribution in [0.3, 0.4) is 0 Å². The van der Waals surface area contributed by atoms with E-state index in [0.29, 0.717) is 22.9 Å². The molecule has 0 bridgehead atoms. The Morgan fingerprint density at radius 3 is 2.70 bits per heavy atom. The molecular formula is C13H15F3N2OS. The fraction of sp³-hybridized carbons (Fsp3) is 0.462. The molecule has 2 rings (SSSR count). The number of halogens is 3. The zero-order chi connectivity index (χ0) is 14.8. The summed E-state index contributed by atoms with van der Waals surface area (Å²) < 4.78 is 44.1. The lowest BCUT2D eigenvalue weighted by atomic mass is 10.3. The van der Waals surface area contributed by atoms with Crippen molar-refractivity contribution in [2.45, 2.75) is 33.0 Å². The molecule has 0 spiro atoms. The van der Waals surface area contributed by atoms with Crippen molar-refractivity contribution in [3.05, 3.63) is 28.7 Å². The second-order valence-corrected chi connectivity index (χ2v) is 5.44. The van der Waals surface area contributed by atoms with Crippen molar-refractivity contribution in [3.63, 3.8) is 0 Å². The standard InChI is InChI=1S/C13H15F3N2OS/c1-3-5-17-7-10-11(13(14,15)16)18-12(20-10)9-4-6-19-8(9)2/h4,6,17H,3,5,7H2,1-2H3. The summed E-state index contributed by atoms with van der Waals surface area (Å²) in [6.07, 6.45) is -2.11. The van der Waals surface area contributed by atoms with Crippen LogP contribution in [0.1, 0.15) is 29.7 Å². The minimum absolute atomic E-state index is 0.178. The van der Waals surface area contributed by atoms with Gasteiger partial charge in [0.1, 0.15) is 10.8 Å². The molecule has 0 saturated carbocycles. The lowest BCUT2D eigenvalue weighted by Gasteiger charge is -2.06. The molecule has 2 heterocycles. The molecule has 110 valence electrons. The smallest absolute Gasteiger partial charge is 0.434 e. The van der Waals surface area contributed by atoms with E-state index < -0.39 is 11.9 Å². The van der Waals surface area contributed by atoms with Crippen molar-refractivity contribution in [1.82, 2.24) is 10.3 Å². The van der Waals surface area contributed by atoms with Gasteiger partial charge in [-0.25, -0.2) is 4.98 Å². The Labute approximate surface area is 118 Å². The topological polar surface area (TPSA) is 38.1 Å². The van der Waals surface area contributed by atoms with Gasteiger partial charge in [-0.05, 0) is 26.0 Å². The molecule has 0 fully saturated rings. The summed E-state index contributed by atoms with van der Waals surface area (Å²) in [6, 6.07) is 1.64. The Morgan fingerprint density at radius 1 is 1.40 bits per heavy atom. The molecule has 1 N–H and O–H groups in total. The molecule has 0 saturated heterocycles. The van der Waals surface area contributed by atoms with Crippen LogP contribution in [-0.4, -0.2) is 11.5 Å². The number of furan rings is 1. The van der Waals surface area contributed by atoms with Crippen molar-refractivity contribution in [1.29, 1.82) is 0 Å². The van der Waals surface area contributed by atoms with Gasteiger partial charge in [0.05, 0.1) is 16.7 Å². The molecule has 0 amide bonds. The molecule has 0 aliphatic heterocycles. The van der Waals surface area contributed by atoms with Crippen LogP contribution in [0.5, 0.6) is 0 Å². The van der Waals surface area contributed by atoms with E-state index >= 15 is 0 Å². The van der Waals surface area contributed by atoms with Gasteiger partial charge in [0.2, 0.25) is 0 Å². The number of nitrogens with zero attached hydrogens (tertiary/aromatic N) is 1. The average Bonchev–Trinajstić information content (AvgIpc) is 2.95. The second-order valence-electron chi connectivity index (χ2n) is 4.36. The van der Waals surface area contributed by atoms with Gasteiger partial charge in [-0.3, -0.25) is 0 Å². The summed E-state index contributed by atoms with van der Waals surface area (Å²) >= 11 is 1.06. The van der Waals surface area contributed by atoms with E-state index in [-0.39, 0.29) is 11.4 Å². The van der Waals surface area contributed by atoms with E-state index in [1.165, 1.54) is 6.26 Å². The third kappa shape index (κ3) is 3.21. The van der Waals surface area contributed by atoms with E-state index in [1.807, 2.05) is 6.92 Å². The highest BCUT2D eigenvalue weighted by atomic mass is 32.1. The van der Waals surface area contributed by atoms with Gasteiger partial charge in [0, 0.05) is 6.54 Å².